The third-order valence-corrected chi connectivity index (χ3v) is 9.03. The highest BCUT2D eigenvalue weighted by Crippen LogP contribution is 2.38. The maximum atomic E-state index is 5.16. The Hall–Kier alpha value is -6.85. The van der Waals surface area contributed by atoms with Crippen molar-refractivity contribution in [1.29, 1.82) is 0 Å². The van der Waals surface area contributed by atoms with Crippen molar-refractivity contribution >= 4 is 33.7 Å². The molecule has 0 fully saturated rings. The van der Waals surface area contributed by atoms with Crippen molar-refractivity contribution in [2.75, 3.05) is 4.90 Å². The second-order valence-electron chi connectivity index (χ2n) is 12.2. The average Bonchev–Trinajstić information content (AvgIpc) is 3.64. The number of aromatic nitrogens is 4. The highest BCUT2D eigenvalue weighted by Gasteiger charge is 2.17. The van der Waals surface area contributed by atoms with E-state index < -0.39 is 0 Å². The van der Waals surface area contributed by atoms with E-state index in [2.05, 4.69) is 132 Å². The van der Waals surface area contributed by atoms with Crippen LogP contribution in [0.25, 0.3) is 61.6 Å². The van der Waals surface area contributed by atoms with Gasteiger partial charge in [0, 0.05) is 46.1 Å². The van der Waals surface area contributed by atoms with Gasteiger partial charge in [-0.2, -0.15) is 0 Å². The minimum atomic E-state index is 0.853. The van der Waals surface area contributed by atoms with E-state index in [1.165, 1.54) is 11.1 Å². The molecule has 6 aromatic carbocycles. The van der Waals surface area contributed by atoms with E-state index in [1.54, 1.807) is 0 Å². The first-order chi connectivity index (χ1) is 24.8. The summed E-state index contributed by atoms with van der Waals surface area (Å²) in [4.78, 5) is 17.4. The number of fused-ring (bicyclic) bond motifs is 2. The third-order valence-electron chi connectivity index (χ3n) is 9.03. The summed E-state index contributed by atoms with van der Waals surface area (Å²) in [6.45, 7) is 0. The molecule has 0 aliphatic rings. The fourth-order valence-corrected chi connectivity index (χ4v) is 6.50. The molecule has 0 amide bonds. The van der Waals surface area contributed by atoms with Crippen molar-refractivity contribution in [3.05, 3.63) is 188 Å². The van der Waals surface area contributed by atoms with E-state index in [9.17, 15) is 0 Å². The number of benzene rings is 6. The van der Waals surface area contributed by atoms with Gasteiger partial charge in [0.25, 0.3) is 0 Å². The van der Waals surface area contributed by atoms with Gasteiger partial charge in [-0.1, -0.05) is 115 Å². The number of rotatable bonds is 7. The van der Waals surface area contributed by atoms with Crippen LogP contribution in [0.3, 0.4) is 0 Å². The molecule has 0 unspecified atom stereocenters. The molecule has 236 valence electrons. The third kappa shape index (κ3) is 5.57. The summed E-state index contributed by atoms with van der Waals surface area (Å²) >= 11 is 0. The summed E-state index contributed by atoms with van der Waals surface area (Å²) in [6.07, 6.45) is 4.09. The Morgan fingerprint density at radius 3 is 1.42 bits per heavy atom. The Morgan fingerprint density at radius 1 is 0.360 bits per heavy atom. The van der Waals surface area contributed by atoms with Gasteiger partial charge < -0.3 is 9.30 Å². The molecule has 0 aliphatic carbocycles. The van der Waals surface area contributed by atoms with E-state index in [4.69, 9.17) is 15.0 Å². The molecule has 9 aromatic rings. The molecule has 0 bridgehead atoms. The number of para-hydroxylation sites is 3. The van der Waals surface area contributed by atoms with E-state index in [0.29, 0.717) is 0 Å². The van der Waals surface area contributed by atoms with Gasteiger partial charge in [-0.3, -0.25) is 0 Å². The van der Waals surface area contributed by atoms with Crippen LogP contribution in [0.5, 0.6) is 0 Å². The molecular weight excluding hydrogens is 611 g/mol. The van der Waals surface area contributed by atoms with Gasteiger partial charge in [0.1, 0.15) is 5.65 Å². The zero-order chi connectivity index (χ0) is 33.3. The lowest BCUT2D eigenvalue weighted by Crippen LogP contribution is -2.09. The van der Waals surface area contributed by atoms with Gasteiger partial charge in [0.15, 0.2) is 0 Å². The number of anilines is 3. The lowest BCUT2D eigenvalue weighted by Gasteiger charge is -2.26. The molecular formula is C45H31N5. The van der Waals surface area contributed by atoms with Crippen LogP contribution < -0.4 is 4.90 Å². The second kappa shape index (κ2) is 12.6. The Morgan fingerprint density at radius 2 is 0.820 bits per heavy atom. The predicted octanol–water partition coefficient (Wildman–Crippen LogP) is 11.4. The molecule has 3 aromatic heterocycles. The Bertz CT molecular complexity index is 2530. The number of pyridine rings is 1. The van der Waals surface area contributed by atoms with E-state index in [0.717, 1.165) is 67.5 Å². The summed E-state index contributed by atoms with van der Waals surface area (Å²) in [5.41, 5.74) is 14.0. The van der Waals surface area contributed by atoms with Crippen molar-refractivity contribution in [2.45, 2.75) is 0 Å². The molecule has 0 saturated carbocycles. The molecule has 50 heavy (non-hydrogen) atoms. The van der Waals surface area contributed by atoms with Crippen LogP contribution in [0.2, 0.25) is 0 Å². The molecule has 5 nitrogen and oxygen atoms in total. The number of hydrogen-bond donors (Lipinski definition) is 0. The van der Waals surface area contributed by atoms with Gasteiger partial charge in [-0.15, -0.1) is 0 Å². The Kier molecular flexibility index (Phi) is 7.41. The molecule has 0 radical (unpaired) electrons. The first kappa shape index (κ1) is 29.3. The molecule has 9 rings (SSSR count). The Balaban J connectivity index is 1.09. The number of nitrogens with zero attached hydrogens (tertiary/aromatic N) is 5. The molecule has 3 heterocycles. The summed E-state index contributed by atoms with van der Waals surface area (Å²) < 4.78 is 2.05. The van der Waals surface area contributed by atoms with Crippen molar-refractivity contribution in [3.63, 3.8) is 0 Å². The lowest BCUT2D eigenvalue weighted by molar-refractivity contribution is 1.19. The van der Waals surface area contributed by atoms with Crippen LogP contribution in [0, 0.1) is 0 Å². The minimum Gasteiger partial charge on any atom is -0.311 e. The van der Waals surface area contributed by atoms with Crippen molar-refractivity contribution in [2.24, 2.45) is 0 Å². The predicted molar refractivity (Wildman–Crippen MR) is 205 cm³/mol. The Labute approximate surface area is 290 Å². The van der Waals surface area contributed by atoms with Crippen LogP contribution in [-0.2, 0) is 0 Å². The van der Waals surface area contributed by atoms with Crippen molar-refractivity contribution in [1.82, 2.24) is 19.4 Å². The smallest absolute Gasteiger partial charge is 0.137 e. The van der Waals surface area contributed by atoms with Crippen LogP contribution >= 0.6 is 0 Å². The summed E-state index contributed by atoms with van der Waals surface area (Å²) in [7, 11) is 0. The van der Waals surface area contributed by atoms with Crippen molar-refractivity contribution < 1.29 is 0 Å². The van der Waals surface area contributed by atoms with Crippen LogP contribution in [0.15, 0.2) is 188 Å². The van der Waals surface area contributed by atoms with Crippen LogP contribution in [0.4, 0.5) is 17.1 Å². The van der Waals surface area contributed by atoms with Crippen LogP contribution in [-0.4, -0.2) is 19.4 Å². The molecule has 0 aliphatic heterocycles. The van der Waals surface area contributed by atoms with Gasteiger partial charge in [-0.05, 0) is 71.8 Å². The summed E-state index contributed by atoms with van der Waals surface area (Å²) in [5.74, 6) is 0. The summed E-state index contributed by atoms with van der Waals surface area (Å²) in [6, 6.07) is 60.8. The molecule has 5 heteroatoms. The van der Waals surface area contributed by atoms with Gasteiger partial charge >= 0.3 is 0 Å². The number of imidazole rings is 1. The topological polar surface area (TPSA) is 46.3 Å². The fraction of sp³-hybridized carbons (Fsp3) is 0. The van der Waals surface area contributed by atoms with Gasteiger partial charge in [0.2, 0.25) is 0 Å². The first-order valence-electron chi connectivity index (χ1n) is 16.7. The molecule has 0 saturated heterocycles. The van der Waals surface area contributed by atoms with E-state index in [1.807, 2.05) is 65.2 Å². The van der Waals surface area contributed by atoms with E-state index in [-0.39, 0.29) is 0 Å². The highest BCUT2D eigenvalue weighted by molar-refractivity contribution is 5.88. The van der Waals surface area contributed by atoms with Crippen LogP contribution in [0.1, 0.15) is 0 Å². The van der Waals surface area contributed by atoms with Gasteiger partial charge in [-0.25, -0.2) is 15.0 Å². The second-order valence-corrected chi connectivity index (χ2v) is 12.2. The first-order valence-corrected chi connectivity index (χ1v) is 16.7. The maximum Gasteiger partial charge on any atom is 0.137 e. The molecule has 0 atom stereocenters. The van der Waals surface area contributed by atoms with Gasteiger partial charge in [0.05, 0.1) is 28.1 Å². The zero-order valence-corrected chi connectivity index (χ0v) is 27.1. The average molecular weight is 642 g/mol. The monoisotopic (exact) mass is 641 g/mol. The normalized spacial score (nSPS) is 11.2. The van der Waals surface area contributed by atoms with Crippen molar-refractivity contribution in [3.8, 4) is 44.9 Å². The number of hydrogen-bond acceptors (Lipinski definition) is 4. The highest BCUT2D eigenvalue weighted by atomic mass is 15.1. The fourth-order valence-electron chi connectivity index (χ4n) is 6.50. The standard InChI is InChI=1S/C45H31N5/c1-3-11-32(12-4-1)33-18-20-35(21-19-33)44-45(48-41-16-8-7-15-40(41)47-44)36-24-28-39(29-25-36)50(37-13-5-2-6-14-37)38-26-22-34(23-27-38)42-31-49-30-10-9-17-43(49)46-42/h1-31H. The summed E-state index contributed by atoms with van der Waals surface area (Å²) in [5, 5.41) is 0. The zero-order valence-electron chi connectivity index (χ0n) is 27.1. The SMILES string of the molecule is c1ccc(-c2ccc(-c3nc4ccccc4nc3-c3ccc(N(c4ccccc4)c4ccc(-c5cn6ccccc6n5)cc4)cc3)cc2)cc1. The molecule has 0 spiro atoms. The quantitative estimate of drug-likeness (QED) is 0.174. The largest absolute Gasteiger partial charge is 0.311 e. The lowest BCUT2D eigenvalue weighted by atomic mass is 9.99. The molecule has 0 N–H and O–H groups in total. The van der Waals surface area contributed by atoms with E-state index >= 15 is 0 Å². The minimum absolute atomic E-state index is 0.853. The maximum absolute atomic E-state index is 5.16.